The predicted octanol–water partition coefficient (Wildman–Crippen LogP) is -1.69. The number of aliphatic hydroxyl groups is 3. The molecule has 2 atom stereocenters. The fourth-order valence-electron chi connectivity index (χ4n) is 0.606. The zero-order chi connectivity index (χ0) is 7.98. The minimum absolute atomic E-state index is 0.384. The summed E-state index contributed by atoms with van der Waals surface area (Å²) in [7, 11) is 1.76. The Labute approximate surface area is 60.5 Å². The third-order valence-electron chi connectivity index (χ3n) is 1.32. The fourth-order valence-corrected chi connectivity index (χ4v) is 0.606. The van der Waals surface area contributed by atoms with E-state index in [0.717, 1.165) is 0 Å². The third-order valence-corrected chi connectivity index (χ3v) is 1.32. The van der Waals surface area contributed by atoms with Crippen molar-refractivity contribution in [2.75, 3.05) is 20.2 Å². The Bertz CT molecular complexity index is 79.4. The van der Waals surface area contributed by atoms with Gasteiger partial charge in [-0.1, -0.05) is 0 Å². The highest BCUT2D eigenvalue weighted by Gasteiger charge is 2.13. The van der Waals surface area contributed by atoms with Crippen LogP contribution in [0.1, 0.15) is 6.42 Å². The Kier molecular flexibility index (Phi) is 5.52. The van der Waals surface area contributed by atoms with Gasteiger partial charge in [0.1, 0.15) is 6.10 Å². The fraction of sp³-hybridized carbons (Fsp3) is 1.00. The molecule has 2 unspecified atom stereocenters. The molecule has 0 saturated carbocycles. The smallest absolute Gasteiger partial charge is 0.103 e. The van der Waals surface area contributed by atoms with E-state index in [1.165, 1.54) is 0 Å². The molecule has 0 aliphatic carbocycles. The van der Waals surface area contributed by atoms with Gasteiger partial charge in [-0.05, 0) is 20.0 Å². The van der Waals surface area contributed by atoms with E-state index in [-0.39, 0.29) is 6.61 Å². The van der Waals surface area contributed by atoms with Gasteiger partial charge in [0.25, 0.3) is 0 Å². The SMILES string of the molecule is CNCCC(O)C(O)CO. The summed E-state index contributed by atoms with van der Waals surface area (Å²) in [6.07, 6.45) is -1.37. The molecule has 0 aromatic rings. The van der Waals surface area contributed by atoms with Crippen molar-refractivity contribution in [2.45, 2.75) is 18.6 Å². The van der Waals surface area contributed by atoms with E-state index in [2.05, 4.69) is 5.32 Å². The molecule has 0 aliphatic rings. The molecule has 0 bridgehead atoms. The highest BCUT2D eigenvalue weighted by molar-refractivity contribution is 4.65. The first-order valence-electron chi connectivity index (χ1n) is 3.34. The molecule has 0 rings (SSSR count). The molecule has 0 aliphatic heterocycles. The average molecular weight is 149 g/mol. The maximum Gasteiger partial charge on any atom is 0.103 e. The summed E-state index contributed by atoms with van der Waals surface area (Å²) in [4.78, 5) is 0. The second-order valence-corrected chi connectivity index (χ2v) is 2.21. The first kappa shape index (κ1) is 9.84. The Balaban J connectivity index is 3.31. The highest BCUT2D eigenvalue weighted by Crippen LogP contribution is 1.96. The molecule has 0 spiro atoms. The van der Waals surface area contributed by atoms with Crippen LogP contribution in [0.5, 0.6) is 0 Å². The van der Waals surface area contributed by atoms with Crippen molar-refractivity contribution < 1.29 is 15.3 Å². The molecule has 10 heavy (non-hydrogen) atoms. The van der Waals surface area contributed by atoms with Gasteiger partial charge in [-0.15, -0.1) is 0 Å². The van der Waals surface area contributed by atoms with Gasteiger partial charge in [-0.2, -0.15) is 0 Å². The van der Waals surface area contributed by atoms with Crippen LogP contribution < -0.4 is 5.32 Å². The van der Waals surface area contributed by atoms with Crippen LogP contribution in [-0.4, -0.2) is 47.7 Å². The van der Waals surface area contributed by atoms with Crippen LogP contribution in [-0.2, 0) is 0 Å². The second kappa shape index (κ2) is 5.61. The maximum absolute atomic E-state index is 9.00. The van der Waals surface area contributed by atoms with Gasteiger partial charge < -0.3 is 20.6 Å². The Morgan fingerprint density at radius 3 is 2.30 bits per heavy atom. The second-order valence-electron chi connectivity index (χ2n) is 2.21. The normalized spacial score (nSPS) is 16.8. The molecule has 4 N–H and O–H groups in total. The first-order chi connectivity index (χ1) is 4.72. The van der Waals surface area contributed by atoms with Crippen molar-refractivity contribution in [3.63, 3.8) is 0 Å². The largest absolute Gasteiger partial charge is 0.394 e. The Morgan fingerprint density at radius 1 is 1.30 bits per heavy atom. The summed E-state index contributed by atoms with van der Waals surface area (Å²) in [5.74, 6) is 0. The minimum atomic E-state index is -1.01. The summed E-state index contributed by atoms with van der Waals surface area (Å²) in [5.41, 5.74) is 0. The first-order valence-corrected chi connectivity index (χ1v) is 3.34. The summed E-state index contributed by atoms with van der Waals surface area (Å²) in [6.45, 7) is 0.253. The van der Waals surface area contributed by atoms with Gasteiger partial charge in [-0.25, -0.2) is 0 Å². The monoisotopic (exact) mass is 149 g/mol. The molecule has 4 heteroatoms. The summed E-state index contributed by atoms with van der Waals surface area (Å²) >= 11 is 0. The van der Waals surface area contributed by atoms with Gasteiger partial charge in [-0.3, -0.25) is 0 Å². The van der Waals surface area contributed by atoms with Crippen LogP contribution in [0.2, 0.25) is 0 Å². The van der Waals surface area contributed by atoms with Crippen LogP contribution in [0.25, 0.3) is 0 Å². The van der Waals surface area contributed by atoms with Crippen molar-refractivity contribution >= 4 is 0 Å². The molecule has 0 aromatic heterocycles. The van der Waals surface area contributed by atoms with Crippen molar-refractivity contribution in [3.05, 3.63) is 0 Å². The quantitative estimate of drug-likeness (QED) is 0.376. The molecule has 0 amide bonds. The maximum atomic E-state index is 9.00. The summed E-state index contributed by atoms with van der Waals surface area (Å²) in [6, 6.07) is 0. The molecule has 0 saturated heterocycles. The van der Waals surface area contributed by atoms with Crippen LogP contribution in [0, 0.1) is 0 Å². The topological polar surface area (TPSA) is 72.7 Å². The van der Waals surface area contributed by atoms with Gasteiger partial charge in [0.2, 0.25) is 0 Å². The molecule has 4 nitrogen and oxygen atoms in total. The molecular weight excluding hydrogens is 134 g/mol. The molecule has 0 radical (unpaired) electrons. The zero-order valence-corrected chi connectivity index (χ0v) is 6.12. The van der Waals surface area contributed by atoms with E-state index in [0.29, 0.717) is 13.0 Å². The third kappa shape index (κ3) is 3.79. The molecule has 0 fully saturated rings. The summed E-state index contributed by atoms with van der Waals surface area (Å²) in [5, 5.41) is 29.0. The lowest BCUT2D eigenvalue weighted by molar-refractivity contribution is -0.0169. The van der Waals surface area contributed by atoms with Gasteiger partial charge >= 0.3 is 0 Å². The highest BCUT2D eigenvalue weighted by atomic mass is 16.4. The Hall–Kier alpha value is -0.160. The van der Waals surface area contributed by atoms with Gasteiger partial charge in [0.15, 0.2) is 0 Å². The molecule has 62 valence electrons. The zero-order valence-electron chi connectivity index (χ0n) is 6.12. The van der Waals surface area contributed by atoms with Gasteiger partial charge in [0.05, 0.1) is 12.7 Å². The average Bonchev–Trinajstić information content (AvgIpc) is 1.98. The standard InChI is InChI=1S/C6H15NO3/c1-7-3-2-5(9)6(10)4-8/h5-10H,2-4H2,1H3. The predicted molar refractivity (Wildman–Crippen MR) is 37.6 cm³/mol. The van der Waals surface area contributed by atoms with E-state index in [4.69, 9.17) is 15.3 Å². The van der Waals surface area contributed by atoms with Crippen LogP contribution in [0.3, 0.4) is 0 Å². The molecule has 0 aromatic carbocycles. The van der Waals surface area contributed by atoms with Crippen molar-refractivity contribution in [1.29, 1.82) is 0 Å². The number of nitrogens with one attached hydrogen (secondary N) is 1. The van der Waals surface area contributed by atoms with E-state index in [9.17, 15) is 0 Å². The van der Waals surface area contributed by atoms with Crippen molar-refractivity contribution in [3.8, 4) is 0 Å². The summed E-state index contributed by atoms with van der Waals surface area (Å²) < 4.78 is 0. The number of rotatable bonds is 5. The van der Waals surface area contributed by atoms with Crippen molar-refractivity contribution in [1.82, 2.24) is 5.32 Å². The minimum Gasteiger partial charge on any atom is -0.394 e. The Morgan fingerprint density at radius 2 is 1.90 bits per heavy atom. The van der Waals surface area contributed by atoms with Crippen LogP contribution in [0.4, 0.5) is 0 Å². The number of hydrogen-bond donors (Lipinski definition) is 4. The lowest BCUT2D eigenvalue weighted by Gasteiger charge is -2.14. The van der Waals surface area contributed by atoms with E-state index in [1.54, 1.807) is 7.05 Å². The molecule has 0 heterocycles. The van der Waals surface area contributed by atoms with E-state index < -0.39 is 12.2 Å². The van der Waals surface area contributed by atoms with Crippen molar-refractivity contribution in [2.24, 2.45) is 0 Å². The number of aliphatic hydroxyl groups excluding tert-OH is 3. The van der Waals surface area contributed by atoms with E-state index in [1.807, 2.05) is 0 Å². The lowest BCUT2D eigenvalue weighted by Crippen LogP contribution is -2.31. The van der Waals surface area contributed by atoms with Gasteiger partial charge in [0, 0.05) is 0 Å². The lowest BCUT2D eigenvalue weighted by atomic mass is 10.1. The number of hydrogen-bond acceptors (Lipinski definition) is 4. The van der Waals surface area contributed by atoms with Crippen LogP contribution in [0.15, 0.2) is 0 Å². The van der Waals surface area contributed by atoms with E-state index >= 15 is 0 Å². The molecular formula is C6H15NO3. The van der Waals surface area contributed by atoms with Crippen LogP contribution >= 0.6 is 0 Å².